The van der Waals surface area contributed by atoms with E-state index in [1.807, 2.05) is 13.8 Å². The van der Waals surface area contributed by atoms with Crippen molar-refractivity contribution in [2.24, 2.45) is 0 Å². The van der Waals surface area contributed by atoms with Gasteiger partial charge < -0.3 is 9.08 Å². The number of hydrogen-bond donors (Lipinski definition) is 0. The zero-order valence-electron chi connectivity index (χ0n) is 9.05. The van der Waals surface area contributed by atoms with Crippen molar-refractivity contribution >= 4 is 29.2 Å². The Bertz CT molecular complexity index is 175. The molecule has 1 atom stereocenters. The van der Waals surface area contributed by atoms with Gasteiger partial charge in [0.1, 0.15) is 5.69 Å². The molecule has 0 fully saturated rings. The maximum absolute atomic E-state index is 11.3. The van der Waals surface area contributed by atoms with E-state index < -0.39 is 5.69 Å². The van der Waals surface area contributed by atoms with Gasteiger partial charge in [-0.1, -0.05) is 11.8 Å². The molecule has 0 aliphatic rings. The van der Waals surface area contributed by atoms with Crippen molar-refractivity contribution in [2.45, 2.75) is 39.9 Å². The van der Waals surface area contributed by atoms with Crippen LogP contribution in [0, 0.1) is 0 Å². The van der Waals surface area contributed by atoms with Gasteiger partial charge >= 0.3 is 51.4 Å². The van der Waals surface area contributed by atoms with E-state index in [-0.39, 0.29) is 63.6 Å². The average molecular weight is 284 g/mol. The molecule has 8 heteroatoms. The van der Waals surface area contributed by atoms with Crippen molar-refractivity contribution in [3.05, 3.63) is 0 Å². The van der Waals surface area contributed by atoms with Crippen LogP contribution in [0.3, 0.4) is 0 Å². The Hall–Kier alpha value is 2.48. The zero-order valence-corrected chi connectivity index (χ0v) is 14.7. The third-order valence-corrected chi connectivity index (χ3v) is 3.29. The molecule has 0 bridgehead atoms. The van der Waals surface area contributed by atoms with Crippen molar-refractivity contribution in [2.75, 3.05) is 0 Å². The second kappa shape index (κ2) is 9.50. The van der Waals surface area contributed by atoms with E-state index >= 15 is 0 Å². The summed E-state index contributed by atoms with van der Waals surface area (Å²) >= 11 is 5.28. The monoisotopic (exact) mass is 284 g/mol. The largest absolute Gasteiger partial charge is 1.00 e. The SMILES string of the molecule is CC(C)OOP([O-])(=S)SOC(C)C.[K+]. The number of rotatable bonds is 6. The maximum atomic E-state index is 11.3. The van der Waals surface area contributed by atoms with Gasteiger partial charge in [0, 0.05) is 11.7 Å². The fourth-order valence-electron chi connectivity index (χ4n) is 0.290. The van der Waals surface area contributed by atoms with Crippen LogP contribution < -0.4 is 56.3 Å². The third-order valence-electron chi connectivity index (χ3n) is 0.654. The van der Waals surface area contributed by atoms with Crippen LogP contribution >= 0.6 is 17.4 Å². The fraction of sp³-hybridized carbons (Fsp3) is 1.00. The van der Waals surface area contributed by atoms with Crippen LogP contribution in [0.5, 0.6) is 0 Å². The van der Waals surface area contributed by atoms with Gasteiger partial charge in [-0.05, 0) is 27.7 Å². The molecular weight excluding hydrogens is 270 g/mol. The van der Waals surface area contributed by atoms with E-state index in [2.05, 4.69) is 21.4 Å². The molecule has 80 valence electrons. The minimum Gasteiger partial charge on any atom is -0.789 e. The first-order valence-corrected chi connectivity index (χ1v) is 7.83. The van der Waals surface area contributed by atoms with Crippen molar-refractivity contribution in [1.29, 1.82) is 0 Å². The van der Waals surface area contributed by atoms with Crippen molar-refractivity contribution in [3.8, 4) is 0 Å². The van der Waals surface area contributed by atoms with Crippen LogP contribution in [-0.2, 0) is 25.6 Å². The zero-order chi connectivity index (χ0) is 10.5. The summed E-state index contributed by atoms with van der Waals surface area (Å²) < 4.78 is 9.53. The molecule has 0 saturated carbocycles. The van der Waals surface area contributed by atoms with Crippen molar-refractivity contribution in [1.82, 2.24) is 0 Å². The molecule has 0 aliphatic heterocycles. The first kappa shape index (κ1) is 18.8. The van der Waals surface area contributed by atoms with E-state index in [1.54, 1.807) is 13.8 Å². The summed E-state index contributed by atoms with van der Waals surface area (Å²) in [5.74, 6) is 0. The van der Waals surface area contributed by atoms with Crippen molar-refractivity contribution < 1.29 is 70.0 Å². The quantitative estimate of drug-likeness (QED) is 0.205. The number of hydrogen-bond acceptors (Lipinski definition) is 6. The molecule has 0 aromatic carbocycles. The van der Waals surface area contributed by atoms with Crippen LogP contribution in [0.1, 0.15) is 27.7 Å². The Balaban J connectivity index is 0. The Morgan fingerprint density at radius 3 is 2.07 bits per heavy atom. The van der Waals surface area contributed by atoms with E-state index in [1.165, 1.54) is 0 Å². The summed E-state index contributed by atoms with van der Waals surface area (Å²) in [6.07, 6.45) is -0.222. The van der Waals surface area contributed by atoms with Gasteiger partial charge in [0.2, 0.25) is 0 Å². The average Bonchev–Trinajstić information content (AvgIpc) is 1.98. The van der Waals surface area contributed by atoms with Gasteiger partial charge in [-0.3, -0.25) is 0 Å². The van der Waals surface area contributed by atoms with Crippen LogP contribution in [0.15, 0.2) is 0 Å². The van der Waals surface area contributed by atoms with E-state index in [0.717, 1.165) is 0 Å². The summed E-state index contributed by atoms with van der Waals surface area (Å²) in [6, 6.07) is 0. The Kier molecular flexibility index (Phi) is 12.8. The summed E-state index contributed by atoms with van der Waals surface area (Å²) in [5, 5.41) is 0. The second-order valence-corrected chi connectivity index (χ2v) is 8.30. The van der Waals surface area contributed by atoms with Gasteiger partial charge in [0.15, 0.2) is 0 Å². The molecule has 0 spiro atoms. The molecule has 0 aromatic heterocycles. The molecule has 0 amide bonds. The maximum Gasteiger partial charge on any atom is 1.00 e. The molecule has 0 radical (unpaired) electrons. The molecule has 0 aromatic rings. The first-order valence-electron chi connectivity index (χ1n) is 3.84. The minimum atomic E-state index is -3.24. The summed E-state index contributed by atoms with van der Waals surface area (Å²) in [7, 11) is 0. The van der Waals surface area contributed by atoms with Gasteiger partial charge in [-0.15, -0.1) is 0 Å². The summed E-state index contributed by atoms with van der Waals surface area (Å²) in [4.78, 5) is 16.0. The topological polar surface area (TPSA) is 50.8 Å². The normalized spacial score (nSPS) is 15.4. The van der Waals surface area contributed by atoms with E-state index in [9.17, 15) is 4.89 Å². The predicted octanol–water partition coefficient (Wildman–Crippen LogP) is -0.995. The van der Waals surface area contributed by atoms with Crippen LogP contribution in [0.2, 0.25) is 0 Å². The Morgan fingerprint density at radius 2 is 1.71 bits per heavy atom. The smallest absolute Gasteiger partial charge is 0.789 e. The molecular formula is C6H14KO4PS2. The molecule has 1 unspecified atom stereocenters. The summed E-state index contributed by atoms with van der Waals surface area (Å²) in [6.45, 7) is 7.13. The standard InChI is InChI=1S/C6H15O4PS2.K/c1-5(2)8-10-11(7,12)13-9-6(3)4;/h5-6H,1-4H3,(H,7,12);/q;+1/p-1. The second-order valence-electron chi connectivity index (χ2n) is 2.89. The van der Waals surface area contributed by atoms with Crippen molar-refractivity contribution in [3.63, 3.8) is 0 Å². The Labute approximate surface area is 137 Å². The minimum absolute atomic E-state index is 0. The van der Waals surface area contributed by atoms with Gasteiger partial charge in [0.25, 0.3) is 0 Å². The Morgan fingerprint density at radius 1 is 1.21 bits per heavy atom. The predicted molar refractivity (Wildman–Crippen MR) is 55.4 cm³/mol. The molecule has 0 rings (SSSR count). The van der Waals surface area contributed by atoms with Gasteiger partial charge in [0.05, 0.1) is 12.2 Å². The molecule has 0 aliphatic carbocycles. The van der Waals surface area contributed by atoms with Crippen LogP contribution in [0.25, 0.3) is 0 Å². The molecule has 0 saturated heterocycles. The van der Waals surface area contributed by atoms with Gasteiger partial charge in [-0.2, -0.15) is 0 Å². The third kappa shape index (κ3) is 12.5. The van der Waals surface area contributed by atoms with E-state index in [4.69, 9.17) is 4.18 Å². The van der Waals surface area contributed by atoms with E-state index in [0.29, 0.717) is 11.7 Å². The first-order chi connectivity index (χ1) is 5.83. The van der Waals surface area contributed by atoms with Gasteiger partial charge in [-0.25, -0.2) is 9.56 Å². The molecule has 0 heterocycles. The molecule has 4 nitrogen and oxygen atoms in total. The molecule has 14 heavy (non-hydrogen) atoms. The molecule has 0 N–H and O–H groups in total. The van der Waals surface area contributed by atoms with Crippen LogP contribution in [0.4, 0.5) is 0 Å². The van der Waals surface area contributed by atoms with Crippen LogP contribution in [-0.4, -0.2) is 12.2 Å². The summed E-state index contributed by atoms with van der Waals surface area (Å²) in [5.41, 5.74) is -3.24. The fourth-order valence-corrected chi connectivity index (χ4v) is 2.30.